The molecule has 0 aliphatic carbocycles. The van der Waals surface area contributed by atoms with Gasteiger partial charge in [-0.15, -0.1) is 0 Å². The minimum Gasteiger partial charge on any atom is -0.414 e. The fourth-order valence-electron chi connectivity index (χ4n) is 3.92. The molecule has 0 bridgehead atoms. The zero-order chi connectivity index (χ0) is 28.3. The first-order valence-corrected chi connectivity index (χ1v) is 17.5. The topological polar surface area (TPSA) is 63.2 Å². The number of unbranched alkanes of at least 4 members (excludes halogenated alkanes) is 1. The lowest BCUT2D eigenvalue weighted by atomic mass is 10.1. The van der Waals surface area contributed by atoms with Crippen LogP contribution in [0.25, 0.3) is 0 Å². The molecule has 1 fully saturated rings. The Balaban J connectivity index is 2.23. The van der Waals surface area contributed by atoms with Gasteiger partial charge in [-0.05, 0) is 76.4 Å². The van der Waals surface area contributed by atoms with Crippen molar-refractivity contribution in [3.8, 4) is 0 Å². The van der Waals surface area contributed by atoms with Gasteiger partial charge in [0.05, 0.1) is 12.7 Å². The second kappa shape index (κ2) is 19.9. The van der Waals surface area contributed by atoms with Gasteiger partial charge in [0.2, 0.25) is 0 Å². The van der Waals surface area contributed by atoms with Crippen LogP contribution in [-0.2, 0) is 28.2 Å². The molecule has 0 radical (unpaired) electrons. The van der Waals surface area contributed by atoms with Gasteiger partial charge in [0.15, 0.2) is 14.6 Å². The van der Waals surface area contributed by atoms with Crippen LogP contribution in [0.2, 0.25) is 18.1 Å². The van der Waals surface area contributed by atoms with Crippen LogP contribution >= 0.6 is 0 Å². The second-order valence-corrected chi connectivity index (χ2v) is 16.5. The number of ether oxygens (including phenoxy) is 4. The van der Waals surface area contributed by atoms with Crippen molar-refractivity contribution in [2.45, 2.75) is 129 Å². The molecule has 0 aromatic heterocycles. The van der Waals surface area contributed by atoms with Crippen molar-refractivity contribution in [3.63, 3.8) is 0 Å². The molecule has 0 aromatic carbocycles. The van der Waals surface area contributed by atoms with Gasteiger partial charge in [-0.1, -0.05) is 57.2 Å². The zero-order valence-electron chi connectivity index (χ0n) is 25.3. The Morgan fingerprint density at radius 2 is 1.82 bits per heavy atom. The molecule has 1 heterocycles. The molecule has 1 rings (SSSR count). The van der Waals surface area contributed by atoms with E-state index in [9.17, 15) is 4.79 Å². The number of hydrogen-bond donors (Lipinski definition) is 0. The Morgan fingerprint density at radius 3 is 2.50 bits per heavy atom. The highest BCUT2D eigenvalue weighted by Crippen LogP contribution is 2.37. The molecule has 7 heteroatoms. The normalized spacial score (nSPS) is 19.1. The Bertz CT molecular complexity index is 704. The summed E-state index contributed by atoms with van der Waals surface area (Å²) in [4.78, 5) is 12.5. The van der Waals surface area contributed by atoms with Gasteiger partial charge in [0.1, 0.15) is 12.6 Å². The molecule has 0 aromatic rings. The monoisotopic (exact) mass is 552 g/mol. The quantitative estimate of drug-likeness (QED) is 0.0503. The van der Waals surface area contributed by atoms with E-state index in [4.69, 9.17) is 23.4 Å². The van der Waals surface area contributed by atoms with Gasteiger partial charge in [-0.2, -0.15) is 0 Å². The maximum absolute atomic E-state index is 12.5. The van der Waals surface area contributed by atoms with E-state index in [1.165, 1.54) is 6.42 Å². The Kier molecular flexibility index (Phi) is 18.3. The Morgan fingerprint density at radius 1 is 1.08 bits per heavy atom. The number of carbonyl (C=O) groups excluding carboxylic acids is 1. The van der Waals surface area contributed by atoms with Crippen molar-refractivity contribution in [3.05, 3.63) is 36.5 Å². The molecule has 1 aliphatic rings. The van der Waals surface area contributed by atoms with Crippen molar-refractivity contribution in [2.24, 2.45) is 0 Å². The van der Waals surface area contributed by atoms with Gasteiger partial charge >= 0.3 is 0 Å². The first-order chi connectivity index (χ1) is 18.0. The number of rotatable bonds is 20. The largest absolute Gasteiger partial charge is 0.414 e. The number of methoxy groups -OCH3 is 1. The van der Waals surface area contributed by atoms with E-state index in [2.05, 4.69) is 52.9 Å². The predicted octanol–water partition coefficient (Wildman–Crippen LogP) is 7.90. The molecule has 1 unspecified atom stereocenters. The lowest BCUT2D eigenvalue weighted by Gasteiger charge is -2.38. The molecular formula is C31H56O6Si. The molecule has 0 amide bonds. The summed E-state index contributed by atoms with van der Waals surface area (Å²) in [6, 6.07) is 0. The fraction of sp³-hybridized carbons (Fsp3) is 0.774. The molecule has 0 N–H and O–H groups in total. The van der Waals surface area contributed by atoms with Crippen LogP contribution in [0.15, 0.2) is 36.5 Å². The minimum absolute atomic E-state index is 0.0688. The van der Waals surface area contributed by atoms with Crippen LogP contribution in [0.4, 0.5) is 0 Å². The smallest absolute Gasteiger partial charge is 0.192 e. The molecule has 1 aliphatic heterocycles. The third kappa shape index (κ3) is 16.8. The average molecular weight is 553 g/mol. The van der Waals surface area contributed by atoms with Crippen LogP contribution in [0.1, 0.15) is 91.9 Å². The first kappa shape index (κ1) is 34.9. The molecule has 1 saturated heterocycles. The number of allylic oxidation sites excluding steroid dienone is 4. The summed E-state index contributed by atoms with van der Waals surface area (Å²) in [5, 5.41) is 0.244. The van der Waals surface area contributed by atoms with Gasteiger partial charge < -0.3 is 23.4 Å². The summed E-state index contributed by atoms with van der Waals surface area (Å²) in [5.74, 6) is 0.219. The first-order valence-electron chi connectivity index (χ1n) is 14.5. The van der Waals surface area contributed by atoms with Crippen LogP contribution in [0, 0.1) is 0 Å². The highest BCUT2D eigenvalue weighted by Gasteiger charge is 2.38. The van der Waals surface area contributed by atoms with Gasteiger partial charge in [0.25, 0.3) is 0 Å². The molecule has 0 spiro atoms. The van der Waals surface area contributed by atoms with Gasteiger partial charge in [-0.3, -0.25) is 4.79 Å². The Hall–Kier alpha value is -1.09. The highest BCUT2D eigenvalue weighted by molar-refractivity contribution is 6.74. The number of Topliss-reactive ketones (excluding diaryl/α,β-unsaturated/α-hetero) is 1. The highest BCUT2D eigenvalue weighted by atomic mass is 28.4. The zero-order valence-corrected chi connectivity index (χ0v) is 26.3. The summed E-state index contributed by atoms with van der Waals surface area (Å²) < 4.78 is 28.4. The average Bonchev–Trinajstić information content (AvgIpc) is 2.85. The van der Waals surface area contributed by atoms with E-state index in [0.717, 1.165) is 45.1 Å². The SMILES string of the molecule is COCO[C@@H](C/C=C\C=C\COC1CCCCO1)CC(=O)CC/C=C/CCC[C@@H](C)O[Si](C)(C)C(C)(C)C. The van der Waals surface area contributed by atoms with Crippen molar-refractivity contribution < 1.29 is 28.2 Å². The van der Waals surface area contributed by atoms with Crippen LogP contribution in [0.3, 0.4) is 0 Å². The second-order valence-electron chi connectivity index (χ2n) is 11.8. The molecular weight excluding hydrogens is 496 g/mol. The standard InChI is InChI=1S/C31H56O6Si/c1-27(37-38(6,7)31(2,3)4)19-13-9-8-10-14-20-28(32)25-29(36-26-33-5)21-15-11-12-17-23-34-30-22-16-18-24-35-30/h8,10-12,15,17,27,29-30H,9,13-14,16,18-26H2,1-7H3/b10-8+,15-11-,17-12+/t27-,29+,30?/m1/s1. The molecule has 38 heavy (non-hydrogen) atoms. The Labute approximate surface area is 234 Å². The van der Waals surface area contributed by atoms with Crippen LogP contribution < -0.4 is 0 Å². The molecule has 3 atom stereocenters. The summed E-state index contributed by atoms with van der Waals surface area (Å²) in [6.07, 6.45) is 21.1. The van der Waals surface area contributed by atoms with E-state index in [1.54, 1.807) is 7.11 Å². The maximum atomic E-state index is 12.5. The van der Waals surface area contributed by atoms with E-state index in [-0.39, 0.29) is 30.0 Å². The number of carbonyl (C=O) groups is 1. The third-order valence-electron chi connectivity index (χ3n) is 7.22. The third-order valence-corrected chi connectivity index (χ3v) is 11.8. The summed E-state index contributed by atoms with van der Waals surface area (Å²) in [7, 11) is -0.101. The van der Waals surface area contributed by atoms with E-state index in [1.807, 2.05) is 24.3 Å². The molecule has 0 saturated carbocycles. The lowest BCUT2D eigenvalue weighted by Crippen LogP contribution is -2.43. The van der Waals surface area contributed by atoms with Gasteiger partial charge in [-0.25, -0.2) is 0 Å². The summed E-state index contributed by atoms with van der Waals surface area (Å²) in [6.45, 7) is 15.2. The molecule has 220 valence electrons. The van der Waals surface area contributed by atoms with E-state index >= 15 is 0 Å². The van der Waals surface area contributed by atoms with E-state index < -0.39 is 8.32 Å². The predicted molar refractivity (Wildman–Crippen MR) is 159 cm³/mol. The van der Waals surface area contributed by atoms with Crippen LogP contribution in [0.5, 0.6) is 0 Å². The van der Waals surface area contributed by atoms with E-state index in [0.29, 0.717) is 32.0 Å². The summed E-state index contributed by atoms with van der Waals surface area (Å²) >= 11 is 0. The van der Waals surface area contributed by atoms with Crippen LogP contribution in [-0.4, -0.2) is 59.7 Å². The van der Waals surface area contributed by atoms with Gasteiger partial charge in [0, 0.05) is 32.7 Å². The maximum Gasteiger partial charge on any atom is 0.192 e. The minimum atomic E-state index is -1.70. The number of ketones is 1. The fourth-order valence-corrected chi connectivity index (χ4v) is 5.40. The van der Waals surface area contributed by atoms with Crippen molar-refractivity contribution in [2.75, 3.05) is 27.1 Å². The lowest BCUT2D eigenvalue weighted by molar-refractivity contribution is -0.155. The van der Waals surface area contributed by atoms with Crippen molar-refractivity contribution in [1.29, 1.82) is 0 Å². The van der Waals surface area contributed by atoms with Crippen molar-refractivity contribution in [1.82, 2.24) is 0 Å². The molecule has 6 nitrogen and oxygen atoms in total. The van der Waals surface area contributed by atoms with Crippen molar-refractivity contribution >= 4 is 14.1 Å². The number of hydrogen-bond acceptors (Lipinski definition) is 6. The summed E-state index contributed by atoms with van der Waals surface area (Å²) in [5.41, 5.74) is 0.